The monoisotopic (exact) mass is 578 g/mol. The van der Waals surface area contributed by atoms with Crippen molar-refractivity contribution in [1.29, 1.82) is 0 Å². The highest BCUT2D eigenvalue weighted by atomic mass is 31.2. The molecule has 0 saturated heterocycles. The van der Waals surface area contributed by atoms with Crippen LogP contribution in [-0.4, -0.2) is 43.4 Å². The number of nitrogens with one attached hydrogen (secondary N) is 1. The normalized spacial score (nSPS) is 13.4. The van der Waals surface area contributed by atoms with E-state index in [1.165, 1.54) is 0 Å². The van der Waals surface area contributed by atoms with Gasteiger partial charge in [-0.1, -0.05) is 87.7 Å². The lowest BCUT2D eigenvalue weighted by Gasteiger charge is -2.31. The SMILES string of the molecule is CCCCOP(=O)(CCCCC1(C(=O)NCCOc2ccccn2)c2ccccc2-c2ccccc21)OCCCC. The van der Waals surface area contributed by atoms with E-state index in [-0.39, 0.29) is 5.91 Å². The molecule has 0 radical (unpaired) electrons. The second-order valence-corrected chi connectivity index (χ2v) is 12.6. The summed E-state index contributed by atoms with van der Waals surface area (Å²) in [4.78, 5) is 18.3. The van der Waals surface area contributed by atoms with Crippen LogP contribution in [0, 0.1) is 0 Å². The molecule has 1 heterocycles. The number of carbonyl (C=O) groups excluding carboxylic acids is 1. The first-order chi connectivity index (χ1) is 20.0. The van der Waals surface area contributed by atoms with Gasteiger partial charge in [-0.2, -0.15) is 0 Å². The third kappa shape index (κ3) is 7.65. The summed E-state index contributed by atoms with van der Waals surface area (Å²) >= 11 is 0. The number of fused-ring (bicyclic) bond motifs is 3. The molecule has 1 amide bonds. The first-order valence-corrected chi connectivity index (χ1v) is 16.7. The second-order valence-electron chi connectivity index (χ2n) is 10.4. The molecule has 1 aliphatic carbocycles. The highest BCUT2D eigenvalue weighted by Gasteiger charge is 2.48. The van der Waals surface area contributed by atoms with Gasteiger partial charge in [0.25, 0.3) is 0 Å². The summed E-state index contributed by atoms with van der Waals surface area (Å²) in [5, 5.41) is 3.15. The highest BCUT2D eigenvalue weighted by Crippen LogP contribution is 2.53. The molecule has 1 N–H and O–H groups in total. The predicted molar refractivity (Wildman–Crippen MR) is 163 cm³/mol. The lowest BCUT2D eigenvalue weighted by Crippen LogP contribution is -2.45. The lowest BCUT2D eigenvalue weighted by molar-refractivity contribution is -0.125. The number of hydrogen-bond acceptors (Lipinski definition) is 6. The number of rotatable bonds is 18. The largest absolute Gasteiger partial charge is 0.476 e. The van der Waals surface area contributed by atoms with E-state index in [1.54, 1.807) is 12.3 Å². The molecule has 4 rings (SSSR count). The third-order valence-electron chi connectivity index (χ3n) is 7.53. The summed E-state index contributed by atoms with van der Waals surface area (Å²) in [5.41, 5.74) is 3.32. The van der Waals surface area contributed by atoms with Crippen LogP contribution < -0.4 is 10.1 Å². The molecule has 0 spiro atoms. The van der Waals surface area contributed by atoms with Gasteiger partial charge in [0.1, 0.15) is 12.0 Å². The molecule has 3 aromatic rings. The number of benzene rings is 2. The maximum atomic E-state index is 14.2. The van der Waals surface area contributed by atoms with Crippen molar-refractivity contribution in [1.82, 2.24) is 10.3 Å². The number of amides is 1. The van der Waals surface area contributed by atoms with Crippen LogP contribution in [0.25, 0.3) is 11.1 Å². The average molecular weight is 579 g/mol. The maximum Gasteiger partial charge on any atom is 0.330 e. The van der Waals surface area contributed by atoms with Crippen molar-refractivity contribution < 1.29 is 23.1 Å². The fourth-order valence-corrected chi connectivity index (χ4v) is 7.17. The lowest BCUT2D eigenvalue weighted by atomic mass is 9.73. The fourth-order valence-electron chi connectivity index (χ4n) is 5.41. The summed E-state index contributed by atoms with van der Waals surface area (Å²) in [7, 11) is -3.19. The zero-order valence-corrected chi connectivity index (χ0v) is 25.2. The molecule has 41 heavy (non-hydrogen) atoms. The van der Waals surface area contributed by atoms with Crippen molar-refractivity contribution in [2.45, 2.75) is 64.2 Å². The van der Waals surface area contributed by atoms with Crippen molar-refractivity contribution in [2.75, 3.05) is 32.5 Å². The van der Waals surface area contributed by atoms with Gasteiger partial charge in [0.2, 0.25) is 11.8 Å². The molecule has 0 atom stereocenters. The zero-order chi connectivity index (χ0) is 29.0. The van der Waals surface area contributed by atoms with Crippen molar-refractivity contribution >= 4 is 13.5 Å². The number of carbonyl (C=O) groups is 1. The minimum Gasteiger partial charge on any atom is -0.476 e. The van der Waals surface area contributed by atoms with Crippen molar-refractivity contribution in [3.05, 3.63) is 84.1 Å². The molecule has 8 heteroatoms. The molecule has 7 nitrogen and oxygen atoms in total. The Balaban J connectivity index is 1.50. The molecule has 0 fully saturated rings. The third-order valence-corrected chi connectivity index (χ3v) is 9.55. The quantitative estimate of drug-likeness (QED) is 0.124. The summed E-state index contributed by atoms with van der Waals surface area (Å²) in [6.07, 6.45) is 7.58. The van der Waals surface area contributed by atoms with Gasteiger partial charge >= 0.3 is 7.60 Å². The summed E-state index contributed by atoms with van der Waals surface area (Å²) in [6, 6.07) is 21.8. The molecular formula is C33H43N2O5P. The Morgan fingerprint density at radius 1 is 0.805 bits per heavy atom. The van der Waals surface area contributed by atoms with Gasteiger partial charge in [0.05, 0.1) is 25.9 Å². The molecular weight excluding hydrogens is 535 g/mol. The Hall–Kier alpha value is -2.99. The van der Waals surface area contributed by atoms with E-state index in [2.05, 4.69) is 48.4 Å². The van der Waals surface area contributed by atoms with E-state index in [1.807, 2.05) is 36.4 Å². The number of aromatic nitrogens is 1. The second kappa shape index (κ2) is 15.3. The van der Waals surface area contributed by atoms with E-state index >= 15 is 0 Å². The number of ether oxygens (including phenoxy) is 1. The summed E-state index contributed by atoms with van der Waals surface area (Å²) in [6.45, 7) is 5.71. The van der Waals surface area contributed by atoms with Crippen LogP contribution in [0.3, 0.4) is 0 Å². The molecule has 1 aromatic heterocycles. The maximum absolute atomic E-state index is 14.2. The number of pyridine rings is 1. The van der Waals surface area contributed by atoms with Gasteiger partial charge in [-0.15, -0.1) is 0 Å². The highest BCUT2D eigenvalue weighted by molar-refractivity contribution is 7.53. The fraction of sp³-hybridized carbons (Fsp3) is 0.455. The van der Waals surface area contributed by atoms with E-state index in [4.69, 9.17) is 13.8 Å². The van der Waals surface area contributed by atoms with E-state index in [9.17, 15) is 9.36 Å². The van der Waals surface area contributed by atoms with Gasteiger partial charge in [-0.3, -0.25) is 9.36 Å². The summed E-state index contributed by atoms with van der Waals surface area (Å²) < 4.78 is 30.9. The Kier molecular flexibility index (Phi) is 11.6. The smallest absolute Gasteiger partial charge is 0.330 e. The Morgan fingerprint density at radius 3 is 2.00 bits per heavy atom. The van der Waals surface area contributed by atoms with Crippen LogP contribution in [0.15, 0.2) is 72.9 Å². The van der Waals surface area contributed by atoms with Gasteiger partial charge in [-0.25, -0.2) is 4.98 Å². The molecule has 0 saturated carbocycles. The molecule has 0 unspecified atom stereocenters. The average Bonchev–Trinajstić information content (AvgIpc) is 3.29. The van der Waals surface area contributed by atoms with Crippen molar-refractivity contribution in [3.8, 4) is 17.0 Å². The molecule has 2 aromatic carbocycles. The van der Waals surface area contributed by atoms with Gasteiger partial charge in [-0.05, 0) is 54.0 Å². The Labute approximate surface area is 244 Å². The van der Waals surface area contributed by atoms with Gasteiger partial charge < -0.3 is 19.1 Å². The molecule has 0 aliphatic heterocycles. The predicted octanol–water partition coefficient (Wildman–Crippen LogP) is 7.54. The van der Waals surface area contributed by atoms with Crippen molar-refractivity contribution in [3.63, 3.8) is 0 Å². The minimum absolute atomic E-state index is 0.0545. The Morgan fingerprint density at radius 2 is 1.41 bits per heavy atom. The number of hydrogen-bond donors (Lipinski definition) is 1. The van der Waals surface area contributed by atoms with E-state index < -0.39 is 13.0 Å². The topological polar surface area (TPSA) is 86.8 Å². The first kappa shape index (κ1) is 31.0. The first-order valence-electron chi connectivity index (χ1n) is 14.9. The molecule has 1 aliphatic rings. The van der Waals surface area contributed by atoms with E-state index in [0.29, 0.717) is 57.7 Å². The van der Waals surface area contributed by atoms with Crippen LogP contribution in [0.4, 0.5) is 0 Å². The van der Waals surface area contributed by atoms with Crippen LogP contribution in [0.5, 0.6) is 5.88 Å². The number of nitrogens with zero attached hydrogens (tertiary/aromatic N) is 1. The molecule has 220 valence electrons. The minimum atomic E-state index is -3.19. The van der Waals surface area contributed by atoms with Crippen LogP contribution in [0.2, 0.25) is 0 Å². The van der Waals surface area contributed by atoms with Crippen LogP contribution >= 0.6 is 7.60 Å². The van der Waals surface area contributed by atoms with Crippen LogP contribution in [0.1, 0.15) is 69.9 Å². The standard InChI is InChI=1S/C33H43N2O5P/c1-3-5-23-39-41(37,40-24-6-4-2)26-14-12-20-33(32(36)35-22-25-38-31-19-11-13-21-34-31)29-17-9-7-15-27(29)28-16-8-10-18-30(28)33/h7-11,13,15-19,21H,3-6,12,14,20,22-26H2,1-2H3,(H,35,36). The van der Waals surface area contributed by atoms with Gasteiger partial charge in [0.15, 0.2) is 0 Å². The molecule has 0 bridgehead atoms. The van der Waals surface area contributed by atoms with Crippen LogP contribution in [-0.2, 0) is 23.8 Å². The Bertz CT molecular complexity index is 1240. The van der Waals surface area contributed by atoms with Crippen molar-refractivity contribution in [2.24, 2.45) is 0 Å². The van der Waals surface area contributed by atoms with E-state index in [0.717, 1.165) is 47.9 Å². The van der Waals surface area contributed by atoms with Gasteiger partial charge in [0, 0.05) is 12.3 Å². The zero-order valence-electron chi connectivity index (χ0n) is 24.3. The summed E-state index contributed by atoms with van der Waals surface area (Å²) in [5.74, 6) is 0.473. The number of unbranched alkanes of at least 4 members (excludes halogenated alkanes) is 3.